The molecule has 1 amide bonds. The molecule has 0 saturated heterocycles. The number of cyclic esters (lactones) is 1. The predicted molar refractivity (Wildman–Crippen MR) is 161 cm³/mol. The molecular formula is C34H37NO8. The molecule has 0 bridgehead atoms. The minimum absolute atomic E-state index is 0.0348. The van der Waals surface area contributed by atoms with Gasteiger partial charge in [-0.1, -0.05) is 61.2 Å². The molecule has 2 aromatic carbocycles. The van der Waals surface area contributed by atoms with E-state index in [2.05, 4.69) is 18.5 Å². The first kappa shape index (κ1) is 32.6. The summed E-state index contributed by atoms with van der Waals surface area (Å²) in [7, 11) is 1.50. The first-order valence-corrected chi connectivity index (χ1v) is 13.9. The van der Waals surface area contributed by atoms with Crippen LogP contribution in [0.15, 0.2) is 79.1 Å². The van der Waals surface area contributed by atoms with Gasteiger partial charge in [0.05, 0.1) is 13.5 Å². The van der Waals surface area contributed by atoms with Gasteiger partial charge in [-0.15, -0.1) is 0 Å². The highest BCUT2D eigenvalue weighted by Crippen LogP contribution is 2.43. The van der Waals surface area contributed by atoms with Crippen LogP contribution in [0.1, 0.15) is 65.2 Å². The number of allylic oxidation sites excluding steroid dienone is 5. The van der Waals surface area contributed by atoms with Gasteiger partial charge < -0.3 is 24.3 Å². The van der Waals surface area contributed by atoms with Crippen LogP contribution in [0.4, 0.5) is 0 Å². The topological polar surface area (TPSA) is 117 Å². The average Bonchev–Trinajstić information content (AvgIpc) is 3.40. The van der Waals surface area contributed by atoms with E-state index in [-0.39, 0.29) is 49.5 Å². The fourth-order valence-corrected chi connectivity index (χ4v) is 4.51. The molecule has 3 rings (SSSR count). The molecule has 43 heavy (non-hydrogen) atoms. The number of carbonyl (C=O) groups excluding carboxylic acids is 4. The maximum absolute atomic E-state index is 12.9. The van der Waals surface area contributed by atoms with Crippen molar-refractivity contribution in [3.05, 3.63) is 107 Å². The Morgan fingerprint density at radius 2 is 1.74 bits per heavy atom. The van der Waals surface area contributed by atoms with Gasteiger partial charge in [0.1, 0.15) is 23.7 Å². The second-order valence-electron chi connectivity index (χ2n) is 9.87. The van der Waals surface area contributed by atoms with Gasteiger partial charge in [-0.25, -0.2) is 4.79 Å². The molecule has 226 valence electrons. The summed E-state index contributed by atoms with van der Waals surface area (Å²) in [4.78, 5) is 50.3. The highest BCUT2D eigenvalue weighted by atomic mass is 16.6. The zero-order chi connectivity index (χ0) is 31.4. The Morgan fingerprint density at radius 3 is 2.42 bits per heavy atom. The van der Waals surface area contributed by atoms with Gasteiger partial charge in [0.15, 0.2) is 5.75 Å². The molecule has 0 aliphatic carbocycles. The van der Waals surface area contributed by atoms with E-state index < -0.39 is 17.9 Å². The Bertz CT molecular complexity index is 1450. The fourth-order valence-electron chi connectivity index (χ4n) is 4.51. The van der Waals surface area contributed by atoms with Gasteiger partial charge in [-0.2, -0.15) is 0 Å². The van der Waals surface area contributed by atoms with Gasteiger partial charge in [0.2, 0.25) is 5.91 Å². The lowest BCUT2D eigenvalue weighted by atomic mass is 9.94. The summed E-state index contributed by atoms with van der Waals surface area (Å²) >= 11 is 0. The molecule has 0 unspecified atom stereocenters. The van der Waals surface area contributed by atoms with Crippen LogP contribution in [-0.2, 0) is 43.4 Å². The van der Waals surface area contributed by atoms with E-state index >= 15 is 0 Å². The quantitative estimate of drug-likeness (QED) is 0.0921. The molecule has 9 heteroatoms. The minimum Gasteiger partial charge on any atom is -0.496 e. The van der Waals surface area contributed by atoms with Gasteiger partial charge >= 0.3 is 17.9 Å². The normalized spacial score (nSPS) is 12.6. The third-order valence-corrected chi connectivity index (χ3v) is 6.82. The molecule has 1 aliphatic rings. The molecule has 0 fully saturated rings. The van der Waals surface area contributed by atoms with Crippen molar-refractivity contribution in [1.29, 1.82) is 0 Å². The smallest absolute Gasteiger partial charge is 0.342 e. The zero-order valence-electron chi connectivity index (χ0n) is 24.8. The average molecular weight is 588 g/mol. The fraction of sp³-hybridized carbons (Fsp3) is 0.294. The number of fused-ring (bicyclic) bond motifs is 1. The number of amides is 1. The molecule has 1 aliphatic heterocycles. The van der Waals surface area contributed by atoms with Crippen LogP contribution in [0, 0.1) is 6.92 Å². The summed E-state index contributed by atoms with van der Waals surface area (Å²) in [6, 6.07) is 9.43. The number of esters is 3. The van der Waals surface area contributed by atoms with Gasteiger partial charge in [-0.05, 0) is 50.0 Å². The number of carbonyl (C=O) groups is 4. The van der Waals surface area contributed by atoms with E-state index in [1.165, 1.54) is 19.3 Å². The second kappa shape index (κ2) is 15.9. The number of methoxy groups -OCH3 is 1. The molecule has 0 spiro atoms. The summed E-state index contributed by atoms with van der Waals surface area (Å²) in [6.45, 7) is 11.2. The van der Waals surface area contributed by atoms with E-state index in [0.717, 1.165) is 11.1 Å². The lowest BCUT2D eigenvalue weighted by Gasteiger charge is -2.19. The lowest BCUT2D eigenvalue weighted by molar-refractivity contribution is -0.139. The van der Waals surface area contributed by atoms with Gasteiger partial charge in [-0.3, -0.25) is 14.4 Å². The first-order valence-electron chi connectivity index (χ1n) is 13.9. The second-order valence-corrected chi connectivity index (χ2v) is 9.87. The number of hydrogen-bond donors (Lipinski definition) is 1. The van der Waals surface area contributed by atoms with Crippen LogP contribution in [0.25, 0.3) is 0 Å². The Hall–Kier alpha value is -4.92. The Kier molecular flexibility index (Phi) is 12.1. The van der Waals surface area contributed by atoms with E-state index in [1.54, 1.807) is 6.08 Å². The van der Waals surface area contributed by atoms with Gasteiger partial charge in [0.25, 0.3) is 0 Å². The van der Waals surface area contributed by atoms with Crippen LogP contribution in [0.3, 0.4) is 0 Å². The standard InChI is InChI=1S/C34H37NO8/c1-6-11-25(7-2)42-29(37)18-15-22(3)14-16-26-32(40-5)23(4)27-21-41-34(39)31(27)33(26)43-30(38)19-17-28(36)35-20-24-12-9-8-10-13-24/h6-14H,1-2,15-21H2,3-5H3,(H,35,36). The van der Waals surface area contributed by atoms with E-state index in [9.17, 15) is 19.2 Å². The monoisotopic (exact) mass is 587 g/mol. The summed E-state index contributed by atoms with van der Waals surface area (Å²) in [6.07, 6.45) is 6.87. The van der Waals surface area contributed by atoms with E-state index in [4.69, 9.17) is 18.9 Å². The maximum Gasteiger partial charge on any atom is 0.342 e. The number of benzene rings is 2. The van der Waals surface area contributed by atoms with Crippen molar-refractivity contribution >= 4 is 23.8 Å². The Labute approximate surface area is 251 Å². The predicted octanol–water partition coefficient (Wildman–Crippen LogP) is 5.74. The summed E-state index contributed by atoms with van der Waals surface area (Å²) in [5.41, 5.74) is 3.78. The number of nitrogens with one attached hydrogen (secondary N) is 1. The molecule has 1 N–H and O–H groups in total. The molecular weight excluding hydrogens is 550 g/mol. The van der Waals surface area contributed by atoms with Crippen LogP contribution in [0.2, 0.25) is 0 Å². The number of rotatable bonds is 15. The Morgan fingerprint density at radius 1 is 1.02 bits per heavy atom. The van der Waals surface area contributed by atoms with Crippen molar-refractivity contribution in [3.63, 3.8) is 0 Å². The first-order chi connectivity index (χ1) is 20.7. The van der Waals surface area contributed by atoms with Crippen molar-refractivity contribution in [2.75, 3.05) is 7.11 Å². The van der Waals surface area contributed by atoms with Crippen LogP contribution < -0.4 is 14.8 Å². The van der Waals surface area contributed by atoms with Crippen molar-refractivity contribution < 1.29 is 38.1 Å². The number of ether oxygens (including phenoxy) is 4. The highest BCUT2D eigenvalue weighted by molar-refractivity contribution is 5.99. The van der Waals surface area contributed by atoms with Crippen LogP contribution >= 0.6 is 0 Å². The van der Waals surface area contributed by atoms with Crippen LogP contribution in [-0.4, -0.2) is 30.9 Å². The van der Waals surface area contributed by atoms with Crippen LogP contribution in [0.5, 0.6) is 11.5 Å². The molecule has 1 heterocycles. The van der Waals surface area contributed by atoms with Crippen molar-refractivity contribution in [1.82, 2.24) is 5.32 Å². The minimum atomic E-state index is -0.669. The molecule has 0 saturated carbocycles. The molecule has 0 radical (unpaired) electrons. The van der Waals surface area contributed by atoms with Crippen molar-refractivity contribution in [3.8, 4) is 11.5 Å². The zero-order valence-corrected chi connectivity index (χ0v) is 24.8. The lowest BCUT2D eigenvalue weighted by Crippen LogP contribution is -2.24. The van der Waals surface area contributed by atoms with Crippen molar-refractivity contribution in [2.45, 2.75) is 59.1 Å². The van der Waals surface area contributed by atoms with E-state index in [0.29, 0.717) is 41.2 Å². The number of hydrogen-bond acceptors (Lipinski definition) is 8. The molecule has 0 atom stereocenters. The van der Waals surface area contributed by atoms with Crippen molar-refractivity contribution in [2.24, 2.45) is 0 Å². The summed E-state index contributed by atoms with van der Waals surface area (Å²) in [5, 5.41) is 2.78. The third-order valence-electron chi connectivity index (χ3n) is 6.82. The molecule has 2 aromatic rings. The maximum atomic E-state index is 12.9. The Balaban J connectivity index is 1.74. The third kappa shape index (κ3) is 9.03. The van der Waals surface area contributed by atoms with Gasteiger partial charge in [0, 0.05) is 30.5 Å². The molecule has 9 nitrogen and oxygen atoms in total. The SMILES string of the molecule is C=CC=C(C=C)OC(=O)CCC(C)=CCc1c(OC)c(C)c2c(c1OC(=O)CCC(=O)NCc1ccccc1)C(=O)OC2. The molecule has 0 aromatic heterocycles. The largest absolute Gasteiger partial charge is 0.496 e. The summed E-state index contributed by atoms with van der Waals surface area (Å²) < 4.78 is 22.0. The summed E-state index contributed by atoms with van der Waals surface area (Å²) in [5.74, 6) is -1.15. The van der Waals surface area contributed by atoms with E-state index in [1.807, 2.05) is 50.3 Å². The highest BCUT2D eigenvalue weighted by Gasteiger charge is 2.34.